The molecule has 6 unspecified atom stereocenters. The Balaban J connectivity index is 1.39. The van der Waals surface area contributed by atoms with E-state index in [-0.39, 0.29) is 17.2 Å². The lowest BCUT2D eigenvalue weighted by molar-refractivity contribution is 0.0433. The van der Waals surface area contributed by atoms with E-state index in [2.05, 4.69) is 20.8 Å². The maximum Gasteiger partial charge on any atom is 0.338 e. The Kier molecular flexibility index (Phi) is 5.82. The van der Waals surface area contributed by atoms with E-state index in [4.69, 9.17) is 9.47 Å². The van der Waals surface area contributed by atoms with E-state index in [1.165, 1.54) is 25.7 Å². The van der Waals surface area contributed by atoms with E-state index in [0.717, 1.165) is 41.8 Å². The van der Waals surface area contributed by atoms with Crippen LogP contribution < -0.4 is 0 Å². The lowest BCUT2D eigenvalue weighted by Crippen LogP contribution is -2.26. The van der Waals surface area contributed by atoms with Gasteiger partial charge in [0.2, 0.25) is 0 Å². The van der Waals surface area contributed by atoms with E-state index in [1.54, 1.807) is 13.0 Å². The molecule has 2 bridgehead atoms. The number of carbonyl (C=O) groups excluding carboxylic acids is 2. The average molecular weight is 413 g/mol. The van der Waals surface area contributed by atoms with E-state index in [0.29, 0.717) is 23.7 Å². The molecule has 4 heteroatoms. The number of carbonyl (C=O) groups is 2. The summed E-state index contributed by atoms with van der Waals surface area (Å²) in [6.45, 7) is 9.19. The number of rotatable bonds is 6. The summed E-state index contributed by atoms with van der Waals surface area (Å²) in [5.41, 5.74) is 1.91. The van der Waals surface area contributed by atoms with Crippen molar-refractivity contribution in [2.45, 2.75) is 58.8 Å². The van der Waals surface area contributed by atoms with Crippen molar-refractivity contribution in [3.05, 3.63) is 34.9 Å². The Morgan fingerprint density at radius 2 is 1.63 bits per heavy atom. The van der Waals surface area contributed by atoms with E-state index in [9.17, 15) is 9.59 Å². The number of fused-ring (bicyclic) bond motifs is 5. The molecule has 0 spiro atoms. The summed E-state index contributed by atoms with van der Waals surface area (Å²) < 4.78 is 11.2. The van der Waals surface area contributed by atoms with Crippen LogP contribution in [0.1, 0.15) is 79.7 Å². The zero-order valence-corrected chi connectivity index (χ0v) is 19.1. The molecule has 4 rings (SSSR count). The minimum Gasteiger partial charge on any atom is -0.462 e. The van der Waals surface area contributed by atoms with Gasteiger partial charge in [-0.3, -0.25) is 4.79 Å². The Bertz CT molecular complexity index is 821. The predicted molar refractivity (Wildman–Crippen MR) is 117 cm³/mol. The maximum atomic E-state index is 12.8. The summed E-state index contributed by atoms with van der Waals surface area (Å²) in [7, 11) is 1.81. The largest absolute Gasteiger partial charge is 0.462 e. The van der Waals surface area contributed by atoms with Gasteiger partial charge in [0, 0.05) is 19.3 Å². The number of ether oxygens (including phenoxy) is 2. The van der Waals surface area contributed by atoms with Gasteiger partial charge in [0.15, 0.2) is 5.78 Å². The second-order valence-corrected chi connectivity index (χ2v) is 11.0. The molecule has 3 aliphatic rings. The van der Waals surface area contributed by atoms with Crippen molar-refractivity contribution in [3.8, 4) is 0 Å². The molecule has 0 amide bonds. The lowest BCUT2D eigenvalue weighted by Gasteiger charge is -2.30. The van der Waals surface area contributed by atoms with Gasteiger partial charge in [-0.05, 0) is 97.3 Å². The Hall–Kier alpha value is -1.68. The number of benzene rings is 1. The van der Waals surface area contributed by atoms with Crippen molar-refractivity contribution in [2.24, 2.45) is 35.5 Å². The smallest absolute Gasteiger partial charge is 0.338 e. The van der Waals surface area contributed by atoms with Gasteiger partial charge in [-0.1, -0.05) is 20.8 Å². The van der Waals surface area contributed by atoms with E-state index in [1.807, 2.05) is 19.2 Å². The summed E-state index contributed by atoms with van der Waals surface area (Å²) >= 11 is 0. The van der Waals surface area contributed by atoms with Crippen molar-refractivity contribution < 1.29 is 19.1 Å². The number of ketones is 1. The standard InChI is InChI=1S/C26H36O4/c1-15(27)17-8-19(11-21(10-17)26(2,3)4)25(28)30-13-16-6-22-18-9-20(14-29-5)23(12-18)24(22)7-16/h8,10-11,16,18,20,22-24H,6-7,9,12-14H2,1-5H3. The molecule has 6 atom stereocenters. The predicted octanol–water partition coefficient (Wildman–Crippen LogP) is 5.29. The number of esters is 1. The highest BCUT2D eigenvalue weighted by Gasteiger charge is 2.55. The van der Waals surface area contributed by atoms with Gasteiger partial charge in [-0.2, -0.15) is 0 Å². The molecular weight excluding hydrogens is 376 g/mol. The molecule has 3 aliphatic carbocycles. The summed E-state index contributed by atoms with van der Waals surface area (Å²) in [6, 6.07) is 5.45. The summed E-state index contributed by atoms with van der Waals surface area (Å²) in [6.07, 6.45) is 5.07. The molecule has 0 N–H and O–H groups in total. The van der Waals surface area contributed by atoms with Crippen LogP contribution in [0.3, 0.4) is 0 Å². The monoisotopic (exact) mass is 412 g/mol. The third kappa shape index (κ3) is 4.08. The fourth-order valence-electron chi connectivity index (χ4n) is 6.53. The molecule has 0 aromatic heterocycles. The quantitative estimate of drug-likeness (QED) is 0.471. The van der Waals surface area contributed by atoms with Crippen LogP contribution in [-0.2, 0) is 14.9 Å². The van der Waals surface area contributed by atoms with Crippen LogP contribution in [0.4, 0.5) is 0 Å². The normalized spacial score (nSPS) is 32.3. The summed E-state index contributed by atoms with van der Waals surface area (Å²) in [5, 5.41) is 0. The lowest BCUT2D eigenvalue weighted by atomic mass is 9.76. The van der Waals surface area contributed by atoms with Crippen LogP contribution in [0.25, 0.3) is 0 Å². The number of hydrogen-bond acceptors (Lipinski definition) is 4. The summed E-state index contributed by atoms with van der Waals surface area (Å²) in [5.74, 6) is 4.13. The van der Waals surface area contributed by atoms with Gasteiger partial charge in [0.25, 0.3) is 0 Å². The minimum atomic E-state index is -0.305. The molecular formula is C26H36O4. The third-order valence-corrected chi connectivity index (χ3v) is 7.97. The first-order valence-electron chi connectivity index (χ1n) is 11.5. The molecule has 0 radical (unpaired) electrons. The molecule has 0 saturated heterocycles. The summed E-state index contributed by atoms with van der Waals surface area (Å²) in [4.78, 5) is 24.8. The van der Waals surface area contributed by atoms with Crippen molar-refractivity contribution >= 4 is 11.8 Å². The maximum absolute atomic E-state index is 12.8. The van der Waals surface area contributed by atoms with Crippen LogP contribution in [-0.4, -0.2) is 32.1 Å². The van der Waals surface area contributed by atoms with Gasteiger partial charge >= 0.3 is 5.97 Å². The van der Waals surface area contributed by atoms with E-state index < -0.39 is 0 Å². The highest BCUT2D eigenvalue weighted by Crippen LogP contribution is 2.62. The topological polar surface area (TPSA) is 52.6 Å². The molecule has 0 aliphatic heterocycles. The van der Waals surface area contributed by atoms with Crippen LogP contribution in [0.5, 0.6) is 0 Å². The van der Waals surface area contributed by atoms with E-state index >= 15 is 0 Å². The molecule has 0 heterocycles. The van der Waals surface area contributed by atoms with Gasteiger partial charge in [-0.25, -0.2) is 4.79 Å². The highest BCUT2D eigenvalue weighted by atomic mass is 16.5. The third-order valence-electron chi connectivity index (χ3n) is 7.97. The first-order valence-corrected chi connectivity index (χ1v) is 11.5. The van der Waals surface area contributed by atoms with Crippen molar-refractivity contribution in [3.63, 3.8) is 0 Å². The van der Waals surface area contributed by atoms with Crippen LogP contribution in [0.15, 0.2) is 18.2 Å². The molecule has 164 valence electrons. The first kappa shape index (κ1) is 21.5. The second-order valence-electron chi connectivity index (χ2n) is 11.0. The Labute approximate surface area is 180 Å². The highest BCUT2D eigenvalue weighted by molar-refractivity contribution is 5.98. The number of methoxy groups -OCH3 is 1. The Morgan fingerprint density at radius 1 is 0.933 bits per heavy atom. The number of Topliss-reactive ketones (excluding diaryl/α,β-unsaturated/α-hetero) is 1. The zero-order chi connectivity index (χ0) is 21.6. The van der Waals surface area contributed by atoms with Gasteiger partial charge < -0.3 is 9.47 Å². The van der Waals surface area contributed by atoms with Crippen molar-refractivity contribution in [1.29, 1.82) is 0 Å². The number of hydrogen-bond donors (Lipinski definition) is 0. The molecule has 4 nitrogen and oxygen atoms in total. The fraction of sp³-hybridized carbons (Fsp3) is 0.692. The van der Waals surface area contributed by atoms with Crippen LogP contribution in [0.2, 0.25) is 0 Å². The first-order chi connectivity index (χ1) is 14.2. The molecule has 1 aromatic rings. The van der Waals surface area contributed by atoms with Crippen molar-refractivity contribution in [2.75, 3.05) is 20.3 Å². The fourth-order valence-corrected chi connectivity index (χ4v) is 6.53. The molecule has 1 aromatic carbocycles. The van der Waals surface area contributed by atoms with Gasteiger partial charge in [0.05, 0.1) is 12.2 Å². The van der Waals surface area contributed by atoms with Crippen molar-refractivity contribution in [1.82, 2.24) is 0 Å². The van der Waals surface area contributed by atoms with Gasteiger partial charge in [-0.15, -0.1) is 0 Å². The van der Waals surface area contributed by atoms with Crippen LogP contribution in [0, 0.1) is 35.5 Å². The second kappa shape index (κ2) is 8.11. The molecule has 3 fully saturated rings. The molecule has 3 saturated carbocycles. The Morgan fingerprint density at radius 3 is 2.30 bits per heavy atom. The molecule has 30 heavy (non-hydrogen) atoms. The SMILES string of the molecule is COCC1CC2CC1C1CC(COC(=O)c3cc(C(C)=O)cc(C(C)(C)C)c3)CC21. The minimum absolute atomic E-state index is 0.0279. The van der Waals surface area contributed by atoms with Gasteiger partial charge in [0.1, 0.15) is 0 Å². The zero-order valence-electron chi connectivity index (χ0n) is 19.1. The average Bonchev–Trinajstić information content (AvgIpc) is 3.36. The van der Waals surface area contributed by atoms with Crippen LogP contribution >= 0.6 is 0 Å².